The van der Waals surface area contributed by atoms with Crippen LogP contribution in [0.15, 0.2) is 102 Å². The highest BCUT2D eigenvalue weighted by atomic mass is 19.1. The molecule has 4 aromatic rings. The van der Waals surface area contributed by atoms with Crippen LogP contribution in [-0.4, -0.2) is 45.5 Å². The zero-order valence-corrected chi connectivity index (χ0v) is 22.5. The highest BCUT2D eigenvalue weighted by molar-refractivity contribution is 5.47. The van der Waals surface area contributed by atoms with Gasteiger partial charge in [-0.15, -0.1) is 0 Å². The summed E-state index contributed by atoms with van der Waals surface area (Å²) in [6.45, 7) is 3.59. The largest absolute Gasteiger partial charge is 0.358 e. The third-order valence-corrected chi connectivity index (χ3v) is 7.42. The molecule has 6 rings (SSSR count). The second-order valence-corrected chi connectivity index (χ2v) is 10.5. The van der Waals surface area contributed by atoms with Gasteiger partial charge in [0.25, 0.3) is 0 Å². The van der Waals surface area contributed by atoms with Crippen molar-refractivity contribution in [3.63, 3.8) is 0 Å². The number of benzene rings is 3. The molecule has 2 aliphatic heterocycles. The molecule has 0 spiro atoms. The first-order chi connectivity index (χ1) is 19.8. The Hall–Kier alpha value is -3.93. The SMILES string of the molecule is CC1(C)O[C@@H]2[C@H](O1)[C@@H](COC(c1ccccc1)(c1ccccc1)c1ccccc1)O[C@H]2n1cc(F)c(NO)nc1=O. The van der Waals surface area contributed by atoms with Crippen LogP contribution in [0.25, 0.3) is 0 Å². The molecule has 10 heteroatoms. The third kappa shape index (κ3) is 4.94. The van der Waals surface area contributed by atoms with E-state index in [4.69, 9.17) is 24.2 Å². The Morgan fingerprint density at radius 3 is 1.95 bits per heavy atom. The van der Waals surface area contributed by atoms with E-state index >= 15 is 0 Å². The van der Waals surface area contributed by atoms with Crippen LogP contribution in [0.4, 0.5) is 10.2 Å². The Morgan fingerprint density at radius 2 is 1.44 bits per heavy atom. The fourth-order valence-electron chi connectivity index (χ4n) is 5.70. The number of anilines is 1. The van der Waals surface area contributed by atoms with Crippen LogP contribution < -0.4 is 11.2 Å². The normalized spacial score (nSPS) is 23.3. The topological polar surface area (TPSA) is 104 Å². The first-order valence-electron chi connectivity index (χ1n) is 13.3. The molecule has 0 bridgehead atoms. The van der Waals surface area contributed by atoms with Gasteiger partial charge in [0.05, 0.1) is 12.8 Å². The molecule has 0 unspecified atom stereocenters. The van der Waals surface area contributed by atoms with Crippen molar-refractivity contribution >= 4 is 5.82 Å². The summed E-state index contributed by atoms with van der Waals surface area (Å²) in [5.41, 5.74) is 2.51. The molecule has 0 amide bonds. The fraction of sp³-hybridized carbons (Fsp3) is 0.290. The number of rotatable bonds is 8. The van der Waals surface area contributed by atoms with E-state index in [1.807, 2.05) is 91.0 Å². The Kier molecular flexibility index (Phi) is 7.18. The molecule has 0 saturated carbocycles. The minimum absolute atomic E-state index is 0.0523. The summed E-state index contributed by atoms with van der Waals surface area (Å²) in [6, 6.07) is 29.8. The maximum atomic E-state index is 14.5. The van der Waals surface area contributed by atoms with Gasteiger partial charge in [0.1, 0.15) is 23.9 Å². The van der Waals surface area contributed by atoms with Gasteiger partial charge in [-0.3, -0.25) is 9.77 Å². The molecule has 9 nitrogen and oxygen atoms in total. The smallest absolute Gasteiger partial charge is 0.351 e. The van der Waals surface area contributed by atoms with E-state index in [1.54, 1.807) is 19.3 Å². The Balaban J connectivity index is 1.40. The van der Waals surface area contributed by atoms with Gasteiger partial charge in [-0.2, -0.15) is 4.98 Å². The van der Waals surface area contributed by atoms with Crippen LogP contribution in [0.2, 0.25) is 0 Å². The van der Waals surface area contributed by atoms with E-state index in [2.05, 4.69) is 4.98 Å². The monoisotopic (exact) mass is 559 g/mol. The number of hydrogen-bond acceptors (Lipinski definition) is 8. The highest BCUT2D eigenvalue weighted by Gasteiger charge is 2.57. The molecule has 4 atom stereocenters. The van der Waals surface area contributed by atoms with E-state index in [0.29, 0.717) is 0 Å². The van der Waals surface area contributed by atoms with Gasteiger partial charge in [0.2, 0.25) is 0 Å². The lowest BCUT2D eigenvalue weighted by Gasteiger charge is -2.37. The van der Waals surface area contributed by atoms with Gasteiger partial charge in [0.15, 0.2) is 23.7 Å². The molecule has 2 N–H and O–H groups in total. The number of nitrogens with one attached hydrogen (secondary N) is 1. The first kappa shape index (κ1) is 27.3. The molecule has 2 aliphatic rings. The lowest BCUT2D eigenvalue weighted by Crippen LogP contribution is -2.39. The molecule has 3 heterocycles. The number of nitrogens with zero attached hydrogens (tertiary/aromatic N) is 2. The maximum Gasteiger partial charge on any atom is 0.351 e. The summed E-state index contributed by atoms with van der Waals surface area (Å²) < 4.78 is 41.2. The molecule has 0 aliphatic carbocycles. The predicted octanol–water partition coefficient (Wildman–Crippen LogP) is 4.61. The standard InChI is InChI=1S/C31H30FN3O6/c1-30(2)40-25-24(39-28(26(25)41-30)35-18-23(32)27(34-37)33-29(35)36)19-38-31(20-12-6-3-7-13-20,21-14-8-4-9-15-21)22-16-10-5-11-17-22/h3-18,24-26,28,37H,19H2,1-2H3,(H,33,34,36)/t24-,25-,26-,28-/m1/s1. The van der Waals surface area contributed by atoms with Crippen molar-refractivity contribution in [2.75, 3.05) is 12.1 Å². The van der Waals surface area contributed by atoms with Crippen molar-refractivity contribution in [3.05, 3.63) is 130 Å². The molecular formula is C31H30FN3O6. The molecule has 2 saturated heterocycles. The van der Waals surface area contributed by atoms with Gasteiger partial charge in [-0.05, 0) is 30.5 Å². The quantitative estimate of drug-likeness (QED) is 0.238. The summed E-state index contributed by atoms with van der Waals surface area (Å²) >= 11 is 0. The van der Waals surface area contributed by atoms with Gasteiger partial charge in [-0.25, -0.2) is 14.7 Å². The van der Waals surface area contributed by atoms with Crippen molar-refractivity contribution in [1.29, 1.82) is 0 Å². The molecule has 1 aromatic heterocycles. The van der Waals surface area contributed by atoms with Crippen molar-refractivity contribution < 1.29 is 28.5 Å². The zero-order chi connectivity index (χ0) is 28.6. The first-order valence-corrected chi connectivity index (χ1v) is 13.3. The molecular weight excluding hydrogens is 529 g/mol. The van der Waals surface area contributed by atoms with E-state index in [0.717, 1.165) is 27.5 Å². The van der Waals surface area contributed by atoms with Crippen molar-refractivity contribution in [2.24, 2.45) is 0 Å². The molecule has 0 radical (unpaired) electrons. The van der Waals surface area contributed by atoms with E-state index in [1.165, 1.54) is 0 Å². The molecule has 212 valence electrons. The van der Waals surface area contributed by atoms with Crippen LogP contribution in [0.1, 0.15) is 36.8 Å². The van der Waals surface area contributed by atoms with Gasteiger partial charge < -0.3 is 18.9 Å². The summed E-state index contributed by atoms with van der Waals surface area (Å²) in [6.07, 6.45) is -2.17. The number of aromatic nitrogens is 2. The Labute approximate surface area is 236 Å². The lowest BCUT2D eigenvalue weighted by molar-refractivity contribution is -0.205. The summed E-state index contributed by atoms with van der Waals surface area (Å²) in [4.78, 5) is 16.4. The number of hydrogen-bond donors (Lipinski definition) is 2. The fourth-order valence-corrected chi connectivity index (χ4v) is 5.70. The average Bonchev–Trinajstić information content (AvgIpc) is 3.49. The van der Waals surface area contributed by atoms with Crippen molar-refractivity contribution in [2.45, 2.75) is 49.8 Å². The molecule has 2 fully saturated rings. The van der Waals surface area contributed by atoms with Crippen LogP contribution in [0, 0.1) is 5.82 Å². The van der Waals surface area contributed by atoms with Crippen molar-refractivity contribution in [3.8, 4) is 0 Å². The predicted molar refractivity (Wildman–Crippen MR) is 147 cm³/mol. The van der Waals surface area contributed by atoms with Gasteiger partial charge in [0, 0.05) is 0 Å². The summed E-state index contributed by atoms with van der Waals surface area (Å²) in [5, 5.41) is 9.09. The van der Waals surface area contributed by atoms with Gasteiger partial charge >= 0.3 is 5.69 Å². The highest BCUT2D eigenvalue weighted by Crippen LogP contribution is 2.45. The minimum Gasteiger partial charge on any atom is -0.358 e. The number of ether oxygens (including phenoxy) is 4. The lowest BCUT2D eigenvalue weighted by atomic mass is 9.80. The van der Waals surface area contributed by atoms with Gasteiger partial charge in [-0.1, -0.05) is 91.0 Å². The van der Waals surface area contributed by atoms with E-state index in [-0.39, 0.29) is 6.61 Å². The van der Waals surface area contributed by atoms with Crippen molar-refractivity contribution in [1.82, 2.24) is 9.55 Å². The number of halogens is 1. The van der Waals surface area contributed by atoms with Crippen LogP contribution >= 0.6 is 0 Å². The molecule has 3 aromatic carbocycles. The second kappa shape index (κ2) is 10.8. The second-order valence-electron chi connectivity index (χ2n) is 10.5. The summed E-state index contributed by atoms with van der Waals surface area (Å²) in [5.74, 6) is -2.49. The molecule has 41 heavy (non-hydrogen) atoms. The van der Waals surface area contributed by atoms with E-state index < -0.39 is 53.3 Å². The average molecular weight is 560 g/mol. The summed E-state index contributed by atoms with van der Waals surface area (Å²) in [7, 11) is 0. The number of fused-ring (bicyclic) bond motifs is 1. The Bertz CT molecular complexity index is 1450. The minimum atomic E-state index is -1.04. The van der Waals surface area contributed by atoms with Crippen LogP contribution in [0.3, 0.4) is 0 Å². The van der Waals surface area contributed by atoms with Crippen LogP contribution in [0.5, 0.6) is 0 Å². The third-order valence-electron chi connectivity index (χ3n) is 7.42. The van der Waals surface area contributed by atoms with Crippen LogP contribution in [-0.2, 0) is 24.5 Å². The Morgan fingerprint density at radius 1 is 0.927 bits per heavy atom. The zero-order valence-electron chi connectivity index (χ0n) is 22.5. The van der Waals surface area contributed by atoms with E-state index in [9.17, 15) is 9.18 Å². The maximum absolute atomic E-state index is 14.5.